The molecule has 0 saturated heterocycles. The molecule has 0 aliphatic heterocycles. The van der Waals surface area contributed by atoms with Gasteiger partial charge in [0, 0.05) is 46.1 Å². The summed E-state index contributed by atoms with van der Waals surface area (Å²) in [4.78, 5) is 26.6. The highest BCUT2D eigenvalue weighted by atomic mass is 19.4. The van der Waals surface area contributed by atoms with E-state index in [0.29, 0.717) is 16.9 Å². The Bertz CT molecular complexity index is 1840. The van der Waals surface area contributed by atoms with E-state index in [1.54, 1.807) is 17.9 Å². The Kier molecular flexibility index (Phi) is 7.96. The van der Waals surface area contributed by atoms with Gasteiger partial charge in [-0.15, -0.1) is 0 Å². The van der Waals surface area contributed by atoms with Crippen molar-refractivity contribution in [2.24, 2.45) is 0 Å². The van der Waals surface area contributed by atoms with Crippen molar-refractivity contribution in [3.05, 3.63) is 125 Å². The largest absolute Gasteiger partial charge is 0.423 e. The summed E-state index contributed by atoms with van der Waals surface area (Å²) < 4.78 is 53.2. The van der Waals surface area contributed by atoms with Gasteiger partial charge in [0.2, 0.25) is 0 Å². The predicted octanol–water partition coefficient (Wildman–Crippen LogP) is 9.75. The summed E-state index contributed by atoms with van der Waals surface area (Å²) in [6.45, 7) is 16.0. The summed E-state index contributed by atoms with van der Waals surface area (Å²) in [6.07, 6.45) is -4.60. The van der Waals surface area contributed by atoms with Crippen molar-refractivity contribution in [3.8, 4) is 22.6 Å². The van der Waals surface area contributed by atoms with E-state index in [2.05, 4.69) is 39.1 Å². The fourth-order valence-corrected chi connectivity index (χ4v) is 5.53. The highest BCUT2D eigenvalue weighted by molar-refractivity contribution is 5.91. The number of nitrogens with zero attached hydrogens (tertiary/aromatic N) is 1. The van der Waals surface area contributed by atoms with Gasteiger partial charge in [0.25, 0.3) is 0 Å². The molecule has 45 heavy (non-hydrogen) atoms. The normalized spacial score (nSPS) is 13.0. The van der Waals surface area contributed by atoms with Crippen molar-refractivity contribution in [2.45, 2.75) is 46.2 Å². The minimum atomic E-state index is -4.60. The molecule has 0 radical (unpaired) electrons. The Morgan fingerprint density at radius 3 is 1.84 bits per heavy atom. The van der Waals surface area contributed by atoms with E-state index in [1.165, 1.54) is 32.0 Å². The first-order valence-corrected chi connectivity index (χ1v) is 14.2. The monoisotopic (exact) mass is 611 g/mol. The molecular weight excluding hydrogens is 579 g/mol. The van der Waals surface area contributed by atoms with E-state index in [1.807, 2.05) is 30.3 Å². The lowest BCUT2D eigenvalue weighted by atomic mass is 9.82. The van der Waals surface area contributed by atoms with Crippen molar-refractivity contribution in [3.63, 3.8) is 0 Å². The van der Waals surface area contributed by atoms with Crippen LogP contribution in [-0.4, -0.2) is 11.9 Å². The molecule has 0 aromatic heterocycles. The molecule has 5 nitrogen and oxygen atoms in total. The van der Waals surface area contributed by atoms with Crippen molar-refractivity contribution < 1.29 is 32.2 Å². The predicted molar refractivity (Wildman–Crippen MR) is 169 cm³/mol. The second-order valence-electron chi connectivity index (χ2n) is 11.8. The van der Waals surface area contributed by atoms with Crippen LogP contribution in [0.5, 0.6) is 11.5 Å². The molecule has 4 aromatic carbocycles. The second kappa shape index (κ2) is 11.4. The van der Waals surface area contributed by atoms with Crippen LogP contribution in [-0.2, 0) is 21.2 Å². The first-order valence-electron chi connectivity index (χ1n) is 14.2. The number of fused-ring (bicyclic) bond motifs is 3. The fourth-order valence-electron chi connectivity index (χ4n) is 5.53. The van der Waals surface area contributed by atoms with Crippen LogP contribution in [0.25, 0.3) is 11.1 Å². The van der Waals surface area contributed by atoms with Gasteiger partial charge >= 0.3 is 18.1 Å². The van der Waals surface area contributed by atoms with Crippen LogP contribution in [0, 0.1) is 6.92 Å². The number of alkyl halides is 3. The third-order valence-electron chi connectivity index (χ3n) is 7.71. The molecule has 5 rings (SSSR count). The lowest BCUT2D eigenvalue weighted by Crippen LogP contribution is -2.17. The number of benzene rings is 4. The molecule has 0 heterocycles. The number of carbonyl (C=O) groups is 2. The van der Waals surface area contributed by atoms with Crippen LogP contribution in [0.2, 0.25) is 0 Å². The third kappa shape index (κ3) is 6.13. The van der Waals surface area contributed by atoms with Gasteiger partial charge in [-0.2, -0.15) is 13.2 Å². The average molecular weight is 612 g/mol. The summed E-state index contributed by atoms with van der Waals surface area (Å²) in [7, 11) is 0. The lowest BCUT2D eigenvalue weighted by Gasteiger charge is -2.29. The van der Waals surface area contributed by atoms with Gasteiger partial charge < -0.3 is 14.4 Å². The minimum absolute atomic E-state index is 0.00704. The molecule has 0 amide bonds. The van der Waals surface area contributed by atoms with E-state index in [9.17, 15) is 22.8 Å². The smallest absolute Gasteiger partial charge is 0.416 e. The maximum Gasteiger partial charge on any atom is 0.416 e. The van der Waals surface area contributed by atoms with Crippen molar-refractivity contribution in [1.29, 1.82) is 0 Å². The summed E-state index contributed by atoms with van der Waals surface area (Å²) in [5.41, 5.74) is 4.73. The van der Waals surface area contributed by atoms with Crippen LogP contribution in [0.3, 0.4) is 0 Å². The molecule has 1 aliphatic carbocycles. The number of aryl methyl sites for hydroxylation is 1. The molecule has 0 spiro atoms. The number of rotatable bonds is 7. The number of esters is 2. The van der Waals surface area contributed by atoms with Crippen molar-refractivity contribution in [2.75, 3.05) is 4.90 Å². The van der Waals surface area contributed by atoms with Crippen LogP contribution in [0.1, 0.15) is 49.9 Å². The molecule has 230 valence electrons. The lowest BCUT2D eigenvalue weighted by molar-refractivity contribution is -0.137. The zero-order valence-corrected chi connectivity index (χ0v) is 25.6. The van der Waals surface area contributed by atoms with Crippen LogP contribution in [0.15, 0.2) is 103 Å². The number of hydrogen-bond acceptors (Lipinski definition) is 5. The van der Waals surface area contributed by atoms with Gasteiger partial charge in [-0.25, -0.2) is 9.59 Å². The minimum Gasteiger partial charge on any atom is -0.423 e. The Balaban J connectivity index is 1.77. The molecule has 0 fully saturated rings. The molecule has 0 bridgehead atoms. The Morgan fingerprint density at radius 2 is 1.27 bits per heavy atom. The van der Waals surface area contributed by atoms with Gasteiger partial charge in [-0.3, -0.25) is 0 Å². The third-order valence-corrected chi connectivity index (χ3v) is 7.71. The maximum absolute atomic E-state index is 14.1. The molecule has 0 unspecified atom stereocenters. The van der Waals surface area contributed by atoms with Crippen LogP contribution in [0.4, 0.5) is 30.2 Å². The summed E-state index contributed by atoms with van der Waals surface area (Å²) >= 11 is 0. The fraction of sp³-hybridized carbons (Fsp3) is 0.189. The molecule has 8 heteroatoms. The van der Waals surface area contributed by atoms with Gasteiger partial charge in [0.1, 0.15) is 11.5 Å². The summed E-state index contributed by atoms with van der Waals surface area (Å²) in [5.74, 6) is -1.43. The summed E-state index contributed by atoms with van der Waals surface area (Å²) in [6, 6.07) is 22.0. The number of anilines is 3. The van der Waals surface area contributed by atoms with Crippen LogP contribution < -0.4 is 14.4 Å². The number of ether oxygens (including phenoxy) is 2. The molecule has 4 aromatic rings. The molecule has 1 aliphatic rings. The number of carbonyl (C=O) groups excluding carboxylic acids is 2. The van der Waals surface area contributed by atoms with Crippen molar-refractivity contribution in [1.82, 2.24) is 0 Å². The highest BCUT2D eigenvalue weighted by Gasteiger charge is 2.36. The van der Waals surface area contributed by atoms with E-state index in [-0.39, 0.29) is 28.3 Å². The number of hydrogen-bond donors (Lipinski definition) is 0. The maximum atomic E-state index is 14.1. The van der Waals surface area contributed by atoms with Gasteiger partial charge in [-0.05, 0) is 78.9 Å². The molecule has 0 atom stereocenters. The van der Waals surface area contributed by atoms with Crippen molar-refractivity contribution >= 4 is 29.0 Å². The Morgan fingerprint density at radius 1 is 0.711 bits per heavy atom. The number of halogens is 3. The van der Waals surface area contributed by atoms with E-state index in [4.69, 9.17) is 9.47 Å². The molecule has 0 saturated carbocycles. The first-order chi connectivity index (χ1) is 21.1. The van der Waals surface area contributed by atoms with E-state index >= 15 is 0 Å². The first kappa shape index (κ1) is 31.3. The van der Waals surface area contributed by atoms with Gasteiger partial charge in [-0.1, -0.05) is 57.3 Å². The Labute approximate surface area is 260 Å². The van der Waals surface area contributed by atoms with E-state index < -0.39 is 29.1 Å². The Hall–Kier alpha value is -5.11. The van der Waals surface area contributed by atoms with Gasteiger partial charge in [0.15, 0.2) is 0 Å². The highest BCUT2D eigenvalue weighted by Crippen LogP contribution is 2.51. The van der Waals surface area contributed by atoms with Gasteiger partial charge in [0.05, 0.1) is 11.3 Å². The standard InChI is InChI=1S/C37H32F3NO4/c1-21(2)34(42)44-28-17-27(18-29(20-28)45-35(43)22(3)4)41(26-15-23(5)14-24(16-26)37(38,39)40)25-12-13-31-30-10-8-9-11-32(30)36(6,7)33(31)19-25/h8-20H,1,3H2,2,4-7H3. The second-order valence-corrected chi connectivity index (χ2v) is 11.8. The zero-order valence-electron chi connectivity index (χ0n) is 25.6. The summed E-state index contributed by atoms with van der Waals surface area (Å²) in [5, 5.41) is 0. The topological polar surface area (TPSA) is 55.8 Å². The average Bonchev–Trinajstić information content (AvgIpc) is 3.18. The molecule has 0 N–H and O–H groups in total. The van der Waals surface area contributed by atoms with E-state index in [0.717, 1.165) is 34.4 Å². The van der Waals surface area contributed by atoms with Crippen LogP contribution >= 0.6 is 0 Å². The molecular formula is C37H32F3NO4. The SMILES string of the molecule is C=C(C)C(=O)Oc1cc(OC(=O)C(=C)C)cc(N(c2cc(C)cc(C(F)(F)F)c2)c2ccc3c(c2)C(C)(C)c2ccccc2-3)c1. The zero-order chi connectivity index (χ0) is 32.8. The quantitative estimate of drug-likeness (QED) is 0.118.